The first-order valence-corrected chi connectivity index (χ1v) is 6.82. The Morgan fingerprint density at radius 2 is 2.25 bits per heavy atom. The number of carbonyl (C=O) groups excluding carboxylic acids is 1. The van der Waals surface area contributed by atoms with Crippen LogP contribution in [0.2, 0.25) is 4.34 Å². The molecule has 0 aliphatic carbocycles. The Hall–Kier alpha value is -1.54. The third kappa shape index (κ3) is 3.13. The fraction of sp³-hybridized carbons (Fsp3) is 0.364. The molecule has 2 rings (SSSR count). The minimum atomic E-state index is -2.72. The van der Waals surface area contributed by atoms with Crippen LogP contribution in [0.25, 0.3) is 0 Å². The highest BCUT2D eigenvalue weighted by Crippen LogP contribution is 2.23. The summed E-state index contributed by atoms with van der Waals surface area (Å²) in [5, 5.41) is 6.66. The summed E-state index contributed by atoms with van der Waals surface area (Å²) in [4.78, 5) is 15.8. The maximum Gasteiger partial charge on any atom is 0.333 e. The summed E-state index contributed by atoms with van der Waals surface area (Å²) in [6.45, 7) is 0.382. The molecule has 2 aromatic rings. The molecule has 0 spiro atoms. The van der Waals surface area contributed by atoms with Crippen LogP contribution in [0.1, 0.15) is 23.5 Å². The van der Waals surface area contributed by atoms with Gasteiger partial charge in [0.25, 0.3) is 0 Å². The van der Waals surface area contributed by atoms with E-state index in [-0.39, 0.29) is 18.0 Å². The van der Waals surface area contributed by atoms with E-state index in [1.165, 1.54) is 13.1 Å². The maximum absolute atomic E-state index is 12.7. The van der Waals surface area contributed by atoms with E-state index in [1.54, 1.807) is 6.92 Å². The van der Waals surface area contributed by atoms with Crippen LogP contribution in [0.15, 0.2) is 6.20 Å². The second-order valence-corrected chi connectivity index (χ2v) is 5.73. The summed E-state index contributed by atoms with van der Waals surface area (Å²) in [6, 6.07) is 0. The number of amides is 1. The molecule has 9 heteroatoms. The Morgan fingerprint density at radius 1 is 1.55 bits per heavy atom. The molecule has 0 saturated heterocycles. The standard InChI is InChI=1S/C11H11ClF2N4OS/c1-5-7(6(2)18(17-5)10(13)14)3-9(19)16-11-15-4-8(12)20-11/h4,10H,3H2,1-2H3,(H,15,16,19). The van der Waals surface area contributed by atoms with Gasteiger partial charge in [0.1, 0.15) is 4.34 Å². The van der Waals surface area contributed by atoms with E-state index in [0.717, 1.165) is 11.3 Å². The first-order valence-electron chi connectivity index (χ1n) is 5.62. The molecule has 20 heavy (non-hydrogen) atoms. The fourth-order valence-corrected chi connectivity index (χ4v) is 2.61. The highest BCUT2D eigenvalue weighted by atomic mass is 35.5. The van der Waals surface area contributed by atoms with E-state index < -0.39 is 6.55 Å². The van der Waals surface area contributed by atoms with Crippen LogP contribution in [-0.4, -0.2) is 20.7 Å². The number of hydrogen-bond acceptors (Lipinski definition) is 4. The number of aryl methyl sites for hydroxylation is 1. The van der Waals surface area contributed by atoms with Crippen molar-refractivity contribution in [3.63, 3.8) is 0 Å². The van der Waals surface area contributed by atoms with Gasteiger partial charge in [-0.25, -0.2) is 9.67 Å². The first-order chi connectivity index (χ1) is 9.38. The van der Waals surface area contributed by atoms with Crippen LogP contribution in [0.5, 0.6) is 0 Å². The molecular formula is C11H11ClF2N4OS. The van der Waals surface area contributed by atoms with E-state index in [2.05, 4.69) is 15.4 Å². The Bertz CT molecular complexity index is 640. The molecule has 0 fully saturated rings. The van der Waals surface area contributed by atoms with Gasteiger partial charge in [0.05, 0.1) is 18.3 Å². The average molecular weight is 321 g/mol. The molecule has 2 aromatic heterocycles. The summed E-state index contributed by atoms with van der Waals surface area (Å²) >= 11 is 6.83. The monoisotopic (exact) mass is 320 g/mol. The van der Waals surface area contributed by atoms with Gasteiger partial charge in [0.2, 0.25) is 5.91 Å². The molecule has 0 aromatic carbocycles. The zero-order valence-corrected chi connectivity index (χ0v) is 12.2. The normalized spacial score (nSPS) is 11.1. The van der Waals surface area contributed by atoms with Crippen molar-refractivity contribution >= 4 is 34.0 Å². The molecule has 0 saturated carbocycles. The predicted octanol–water partition coefficient (Wildman–Crippen LogP) is 3.19. The number of aromatic nitrogens is 3. The molecule has 1 N–H and O–H groups in total. The van der Waals surface area contributed by atoms with Gasteiger partial charge in [-0.2, -0.15) is 13.9 Å². The quantitative estimate of drug-likeness (QED) is 0.941. The molecule has 0 aliphatic rings. The van der Waals surface area contributed by atoms with Crippen molar-refractivity contribution < 1.29 is 13.6 Å². The van der Waals surface area contributed by atoms with Crippen molar-refractivity contribution in [1.29, 1.82) is 0 Å². The minimum Gasteiger partial charge on any atom is -0.302 e. The molecular weight excluding hydrogens is 310 g/mol. The van der Waals surface area contributed by atoms with E-state index >= 15 is 0 Å². The molecule has 0 radical (unpaired) electrons. The molecule has 0 unspecified atom stereocenters. The van der Waals surface area contributed by atoms with Gasteiger partial charge >= 0.3 is 6.55 Å². The third-order valence-corrected chi connectivity index (χ3v) is 3.75. The highest BCUT2D eigenvalue weighted by Gasteiger charge is 2.19. The number of thiazole rings is 1. The molecule has 5 nitrogen and oxygen atoms in total. The van der Waals surface area contributed by atoms with Crippen LogP contribution in [0.4, 0.5) is 13.9 Å². The number of anilines is 1. The molecule has 0 aliphatic heterocycles. The SMILES string of the molecule is Cc1nn(C(F)F)c(C)c1CC(=O)Nc1ncc(Cl)s1. The van der Waals surface area contributed by atoms with Crippen molar-refractivity contribution in [2.24, 2.45) is 0 Å². The minimum absolute atomic E-state index is 0.0401. The van der Waals surface area contributed by atoms with Crippen molar-refractivity contribution in [2.75, 3.05) is 5.32 Å². The van der Waals surface area contributed by atoms with Crippen molar-refractivity contribution in [2.45, 2.75) is 26.8 Å². The lowest BCUT2D eigenvalue weighted by atomic mass is 10.1. The first kappa shape index (κ1) is 14.9. The van der Waals surface area contributed by atoms with Gasteiger partial charge in [0, 0.05) is 11.3 Å². The second-order valence-electron chi connectivity index (χ2n) is 4.07. The Labute approximate surface area is 122 Å². The zero-order valence-electron chi connectivity index (χ0n) is 10.7. The topological polar surface area (TPSA) is 59.8 Å². The largest absolute Gasteiger partial charge is 0.333 e. The number of rotatable bonds is 4. The van der Waals surface area contributed by atoms with Crippen LogP contribution >= 0.6 is 22.9 Å². The number of carbonyl (C=O) groups is 1. The highest BCUT2D eigenvalue weighted by molar-refractivity contribution is 7.19. The van der Waals surface area contributed by atoms with Crippen LogP contribution < -0.4 is 5.32 Å². The number of halogens is 3. The van der Waals surface area contributed by atoms with E-state index in [1.807, 2.05) is 0 Å². The van der Waals surface area contributed by atoms with Gasteiger partial charge in [-0.15, -0.1) is 0 Å². The Balaban J connectivity index is 2.12. The maximum atomic E-state index is 12.7. The third-order valence-electron chi connectivity index (χ3n) is 2.72. The molecule has 0 atom stereocenters. The van der Waals surface area contributed by atoms with Crippen LogP contribution in [0.3, 0.4) is 0 Å². The lowest BCUT2D eigenvalue weighted by Crippen LogP contribution is -2.15. The van der Waals surface area contributed by atoms with Crippen LogP contribution in [0, 0.1) is 13.8 Å². The zero-order chi connectivity index (χ0) is 14.9. The molecule has 0 bridgehead atoms. The van der Waals surface area contributed by atoms with Crippen molar-refractivity contribution in [3.05, 3.63) is 27.5 Å². The molecule has 108 valence electrons. The van der Waals surface area contributed by atoms with E-state index in [0.29, 0.717) is 25.4 Å². The van der Waals surface area contributed by atoms with Crippen LogP contribution in [-0.2, 0) is 11.2 Å². The van der Waals surface area contributed by atoms with Crippen molar-refractivity contribution in [1.82, 2.24) is 14.8 Å². The predicted molar refractivity (Wildman–Crippen MR) is 72.4 cm³/mol. The number of nitrogens with one attached hydrogen (secondary N) is 1. The second kappa shape index (κ2) is 5.84. The van der Waals surface area contributed by atoms with Gasteiger partial charge < -0.3 is 5.32 Å². The van der Waals surface area contributed by atoms with E-state index in [4.69, 9.17) is 11.6 Å². The molecule has 2 heterocycles. The lowest BCUT2D eigenvalue weighted by Gasteiger charge is -2.04. The summed E-state index contributed by atoms with van der Waals surface area (Å²) in [5.41, 5.74) is 1.19. The Kier molecular flexibility index (Phi) is 4.34. The van der Waals surface area contributed by atoms with Gasteiger partial charge in [-0.3, -0.25) is 4.79 Å². The lowest BCUT2D eigenvalue weighted by molar-refractivity contribution is -0.115. The number of hydrogen-bond donors (Lipinski definition) is 1. The summed E-state index contributed by atoms with van der Waals surface area (Å²) < 4.78 is 26.4. The summed E-state index contributed by atoms with van der Waals surface area (Å²) in [7, 11) is 0. The smallest absolute Gasteiger partial charge is 0.302 e. The number of alkyl halides is 2. The summed E-state index contributed by atoms with van der Waals surface area (Å²) in [6.07, 6.45) is 1.38. The molecule has 1 amide bonds. The van der Waals surface area contributed by atoms with Crippen molar-refractivity contribution in [3.8, 4) is 0 Å². The number of nitrogens with zero attached hydrogens (tertiary/aromatic N) is 3. The average Bonchev–Trinajstić information content (AvgIpc) is 2.87. The summed E-state index contributed by atoms with van der Waals surface area (Å²) in [5.74, 6) is -0.351. The fourth-order valence-electron chi connectivity index (χ4n) is 1.78. The van der Waals surface area contributed by atoms with Gasteiger partial charge in [-0.1, -0.05) is 22.9 Å². The Morgan fingerprint density at radius 3 is 2.75 bits per heavy atom. The van der Waals surface area contributed by atoms with Gasteiger partial charge in [0.15, 0.2) is 5.13 Å². The van der Waals surface area contributed by atoms with Gasteiger partial charge in [-0.05, 0) is 13.8 Å². The van der Waals surface area contributed by atoms with E-state index in [9.17, 15) is 13.6 Å².